The van der Waals surface area contributed by atoms with Crippen LogP contribution in [0, 0.1) is 6.92 Å². The third kappa shape index (κ3) is 5.08. The lowest BCUT2D eigenvalue weighted by atomic mass is 9.93. The molecule has 1 aliphatic carbocycles. The SMILES string of the molecule is Cc1cccc(-c2noc(CN(C(=O)Cc3ccc(Cl)cc3)C3CCCCC3)n2)c1. The number of rotatable bonds is 6. The van der Waals surface area contributed by atoms with Gasteiger partial charge in [-0.05, 0) is 43.5 Å². The van der Waals surface area contributed by atoms with Crippen LogP contribution in [0.3, 0.4) is 0 Å². The van der Waals surface area contributed by atoms with Crippen molar-refractivity contribution in [3.05, 3.63) is 70.6 Å². The summed E-state index contributed by atoms with van der Waals surface area (Å²) in [6, 6.07) is 15.7. The Bertz CT molecular complexity index is 994. The van der Waals surface area contributed by atoms with Gasteiger partial charge in [0.05, 0.1) is 6.42 Å². The smallest absolute Gasteiger partial charge is 0.246 e. The second kappa shape index (κ2) is 9.43. The van der Waals surface area contributed by atoms with Crippen LogP contribution in [0.1, 0.15) is 49.1 Å². The van der Waals surface area contributed by atoms with E-state index in [1.54, 1.807) is 0 Å². The highest BCUT2D eigenvalue weighted by molar-refractivity contribution is 6.30. The van der Waals surface area contributed by atoms with Gasteiger partial charge in [0, 0.05) is 16.6 Å². The van der Waals surface area contributed by atoms with E-state index in [4.69, 9.17) is 16.1 Å². The van der Waals surface area contributed by atoms with E-state index in [0.717, 1.165) is 42.4 Å². The van der Waals surface area contributed by atoms with Gasteiger partial charge in [-0.15, -0.1) is 0 Å². The number of aromatic nitrogens is 2. The van der Waals surface area contributed by atoms with Crippen molar-refractivity contribution in [3.63, 3.8) is 0 Å². The molecule has 3 aromatic rings. The van der Waals surface area contributed by atoms with Gasteiger partial charge in [0.15, 0.2) is 0 Å². The molecule has 0 unspecified atom stereocenters. The van der Waals surface area contributed by atoms with Gasteiger partial charge in [-0.2, -0.15) is 4.98 Å². The molecule has 1 aromatic heterocycles. The molecule has 0 radical (unpaired) electrons. The zero-order valence-electron chi connectivity index (χ0n) is 17.2. The maximum absolute atomic E-state index is 13.2. The molecule has 0 aliphatic heterocycles. The Hall–Kier alpha value is -2.66. The molecular weight excluding hydrogens is 398 g/mol. The molecule has 0 bridgehead atoms. The van der Waals surface area contributed by atoms with Crippen LogP contribution >= 0.6 is 11.6 Å². The van der Waals surface area contributed by atoms with Crippen molar-refractivity contribution in [3.8, 4) is 11.4 Å². The molecule has 0 N–H and O–H groups in total. The number of hydrogen-bond acceptors (Lipinski definition) is 4. The van der Waals surface area contributed by atoms with E-state index in [0.29, 0.717) is 29.7 Å². The molecule has 30 heavy (non-hydrogen) atoms. The second-order valence-corrected chi connectivity index (χ2v) is 8.43. The molecule has 0 spiro atoms. The minimum Gasteiger partial charge on any atom is -0.337 e. The molecule has 6 heteroatoms. The molecule has 0 atom stereocenters. The number of hydrogen-bond donors (Lipinski definition) is 0. The first kappa shape index (κ1) is 20.6. The predicted molar refractivity (Wildman–Crippen MR) is 117 cm³/mol. The van der Waals surface area contributed by atoms with E-state index >= 15 is 0 Å². The van der Waals surface area contributed by atoms with Gasteiger partial charge >= 0.3 is 0 Å². The molecule has 4 rings (SSSR count). The maximum atomic E-state index is 13.2. The number of carbonyl (C=O) groups is 1. The Labute approximate surface area is 182 Å². The largest absolute Gasteiger partial charge is 0.337 e. The average molecular weight is 424 g/mol. The molecular formula is C24H26ClN3O2. The van der Waals surface area contributed by atoms with Gasteiger partial charge < -0.3 is 9.42 Å². The van der Waals surface area contributed by atoms with Crippen molar-refractivity contribution in [2.75, 3.05) is 0 Å². The number of aryl methyl sites for hydroxylation is 1. The Morgan fingerprint density at radius 3 is 2.63 bits per heavy atom. The highest BCUT2D eigenvalue weighted by Crippen LogP contribution is 2.26. The van der Waals surface area contributed by atoms with Crippen molar-refractivity contribution in [2.45, 2.75) is 58.0 Å². The molecule has 2 aromatic carbocycles. The highest BCUT2D eigenvalue weighted by Gasteiger charge is 2.27. The summed E-state index contributed by atoms with van der Waals surface area (Å²) in [4.78, 5) is 19.7. The van der Waals surface area contributed by atoms with Crippen LogP contribution in [-0.4, -0.2) is 27.0 Å². The summed E-state index contributed by atoms with van der Waals surface area (Å²) in [5.74, 6) is 1.11. The molecule has 1 amide bonds. The van der Waals surface area contributed by atoms with E-state index < -0.39 is 0 Å². The fraction of sp³-hybridized carbons (Fsp3) is 0.375. The highest BCUT2D eigenvalue weighted by atomic mass is 35.5. The standard InChI is InChI=1S/C24H26ClN3O2/c1-17-6-5-7-19(14-17)24-26-22(30-27-24)16-28(21-8-3-2-4-9-21)23(29)15-18-10-12-20(25)13-11-18/h5-7,10-14,21H,2-4,8-9,15-16H2,1H3. The first-order valence-corrected chi connectivity index (χ1v) is 10.9. The van der Waals surface area contributed by atoms with E-state index in [1.807, 2.05) is 60.4 Å². The van der Waals surface area contributed by atoms with E-state index in [-0.39, 0.29) is 11.9 Å². The van der Waals surface area contributed by atoms with Gasteiger partial charge in [0.25, 0.3) is 0 Å². The minimum atomic E-state index is 0.0829. The average Bonchev–Trinajstić information content (AvgIpc) is 3.23. The van der Waals surface area contributed by atoms with Crippen molar-refractivity contribution in [2.24, 2.45) is 0 Å². The molecule has 0 saturated heterocycles. The Kier molecular flexibility index (Phi) is 6.48. The summed E-state index contributed by atoms with van der Waals surface area (Å²) in [6.07, 6.45) is 5.90. The Morgan fingerprint density at radius 2 is 1.90 bits per heavy atom. The van der Waals surface area contributed by atoms with Gasteiger partial charge in [-0.1, -0.05) is 71.9 Å². The van der Waals surface area contributed by atoms with E-state index in [1.165, 1.54) is 6.42 Å². The topological polar surface area (TPSA) is 59.2 Å². The monoisotopic (exact) mass is 423 g/mol. The lowest BCUT2D eigenvalue weighted by Gasteiger charge is -2.33. The van der Waals surface area contributed by atoms with Crippen LogP contribution < -0.4 is 0 Å². The van der Waals surface area contributed by atoms with Crippen LogP contribution in [0.2, 0.25) is 5.02 Å². The van der Waals surface area contributed by atoms with Crippen LogP contribution in [0.25, 0.3) is 11.4 Å². The summed E-state index contributed by atoms with van der Waals surface area (Å²) in [7, 11) is 0. The summed E-state index contributed by atoms with van der Waals surface area (Å²) < 4.78 is 5.52. The lowest BCUT2D eigenvalue weighted by Crippen LogP contribution is -2.41. The third-order valence-electron chi connectivity index (χ3n) is 5.65. The van der Waals surface area contributed by atoms with Crippen LogP contribution in [-0.2, 0) is 17.8 Å². The lowest BCUT2D eigenvalue weighted by molar-refractivity contribution is -0.134. The normalized spacial score (nSPS) is 14.6. The van der Waals surface area contributed by atoms with Crippen LogP contribution in [0.5, 0.6) is 0 Å². The predicted octanol–water partition coefficient (Wildman–Crippen LogP) is 5.60. The second-order valence-electron chi connectivity index (χ2n) is 8.00. The number of carbonyl (C=O) groups excluding carboxylic acids is 1. The van der Waals surface area contributed by atoms with E-state index in [2.05, 4.69) is 10.1 Å². The fourth-order valence-electron chi connectivity index (χ4n) is 4.06. The van der Waals surface area contributed by atoms with Crippen molar-refractivity contribution in [1.29, 1.82) is 0 Å². The zero-order chi connectivity index (χ0) is 20.9. The Balaban J connectivity index is 1.52. The Morgan fingerprint density at radius 1 is 1.13 bits per heavy atom. The molecule has 1 aliphatic rings. The minimum absolute atomic E-state index is 0.0829. The molecule has 1 fully saturated rings. The first-order valence-electron chi connectivity index (χ1n) is 10.5. The summed E-state index contributed by atoms with van der Waals surface area (Å²) in [5.41, 5.74) is 3.01. The molecule has 1 heterocycles. The number of halogens is 1. The van der Waals surface area contributed by atoms with Gasteiger partial charge in [-0.3, -0.25) is 4.79 Å². The fourth-order valence-corrected chi connectivity index (χ4v) is 4.18. The maximum Gasteiger partial charge on any atom is 0.246 e. The molecule has 156 valence electrons. The van der Waals surface area contributed by atoms with E-state index in [9.17, 15) is 4.79 Å². The number of nitrogens with zero attached hydrogens (tertiary/aromatic N) is 3. The van der Waals surface area contributed by atoms with Crippen LogP contribution in [0.15, 0.2) is 53.1 Å². The summed E-state index contributed by atoms with van der Waals surface area (Å²) in [5, 5.41) is 4.81. The quantitative estimate of drug-likeness (QED) is 0.517. The van der Waals surface area contributed by atoms with Gasteiger partial charge in [0.1, 0.15) is 6.54 Å². The summed E-state index contributed by atoms with van der Waals surface area (Å²) in [6.45, 7) is 2.38. The molecule has 5 nitrogen and oxygen atoms in total. The number of benzene rings is 2. The van der Waals surface area contributed by atoms with Crippen LogP contribution in [0.4, 0.5) is 0 Å². The molecule has 1 saturated carbocycles. The van der Waals surface area contributed by atoms with Crippen molar-refractivity contribution < 1.29 is 9.32 Å². The number of amides is 1. The van der Waals surface area contributed by atoms with Gasteiger partial charge in [0.2, 0.25) is 17.6 Å². The van der Waals surface area contributed by atoms with Gasteiger partial charge in [-0.25, -0.2) is 0 Å². The van der Waals surface area contributed by atoms with Crippen molar-refractivity contribution >= 4 is 17.5 Å². The summed E-state index contributed by atoms with van der Waals surface area (Å²) >= 11 is 5.98. The third-order valence-corrected chi connectivity index (χ3v) is 5.91. The zero-order valence-corrected chi connectivity index (χ0v) is 17.9. The first-order chi connectivity index (χ1) is 14.6. The van der Waals surface area contributed by atoms with Crippen molar-refractivity contribution in [1.82, 2.24) is 15.0 Å².